The van der Waals surface area contributed by atoms with Gasteiger partial charge in [-0.2, -0.15) is 0 Å². The second-order valence-electron chi connectivity index (χ2n) is 2.26. The van der Waals surface area contributed by atoms with Gasteiger partial charge in [-0.1, -0.05) is 36.4 Å². The molecule has 0 spiro atoms. The van der Waals surface area contributed by atoms with E-state index >= 15 is 0 Å². The van der Waals surface area contributed by atoms with Crippen LogP contribution in [-0.4, -0.2) is 21.2 Å². The van der Waals surface area contributed by atoms with Gasteiger partial charge in [-0.05, 0) is 14.0 Å². The Bertz CT molecular complexity index is 258. The summed E-state index contributed by atoms with van der Waals surface area (Å²) >= 11 is 0. The summed E-state index contributed by atoms with van der Waals surface area (Å²) in [5.41, 5.74) is 0. The molecule has 0 unspecified atom stereocenters. The lowest BCUT2D eigenvalue weighted by atomic mass is 10.4. The standard InChI is InChI=1S/C6H6.C3H9NO2S/c1-2-4-6-5-3-1;1-3-7(5,6)4-2/h1-6H;4H,3H2,1-2H3. The van der Waals surface area contributed by atoms with E-state index in [1.165, 1.54) is 7.05 Å². The van der Waals surface area contributed by atoms with Gasteiger partial charge in [-0.15, -0.1) is 0 Å². The molecule has 1 N–H and O–H groups in total. The van der Waals surface area contributed by atoms with E-state index in [-0.39, 0.29) is 5.75 Å². The maximum Gasteiger partial charge on any atom is 0.211 e. The molecule has 1 rings (SSSR count). The molecule has 3 nitrogen and oxygen atoms in total. The molecule has 0 aliphatic heterocycles. The van der Waals surface area contributed by atoms with Crippen LogP contribution in [0, 0.1) is 0 Å². The van der Waals surface area contributed by atoms with Crippen molar-refractivity contribution >= 4 is 10.0 Å². The Hall–Kier alpha value is -0.870. The molecule has 13 heavy (non-hydrogen) atoms. The van der Waals surface area contributed by atoms with Gasteiger partial charge in [-0.25, -0.2) is 13.1 Å². The molecule has 74 valence electrons. The van der Waals surface area contributed by atoms with E-state index < -0.39 is 10.0 Å². The first-order valence-corrected chi connectivity index (χ1v) is 5.69. The van der Waals surface area contributed by atoms with E-state index in [0.29, 0.717) is 0 Å². The minimum atomic E-state index is -2.91. The van der Waals surface area contributed by atoms with Crippen LogP contribution in [0.25, 0.3) is 0 Å². The third-order valence-corrected chi connectivity index (χ3v) is 2.74. The molecule has 0 heterocycles. The molecular formula is C9H15NO2S. The summed E-state index contributed by atoms with van der Waals surface area (Å²) in [5.74, 6) is 0.156. The van der Waals surface area contributed by atoms with Crippen molar-refractivity contribution in [3.05, 3.63) is 36.4 Å². The molecule has 1 aromatic rings. The van der Waals surface area contributed by atoms with Gasteiger partial charge in [0.2, 0.25) is 10.0 Å². The van der Waals surface area contributed by atoms with Gasteiger partial charge in [0.05, 0.1) is 5.75 Å². The van der Waals surface area contributed by atoms with E-state index in [1.54, 1.807) is 6.92 Å². The van der Waals surface area contributed by atoms with Gasteiger partial charge in [0.25, 0.3) is 0 Å². The zero-order chi connectivity index (χ0) is 10.2. The molecule has 0 aliphatic rings. The predicted octanol–water partition coefficient (Wildman–Crippen LogP) is 1.24. The van der Waals surface area contributed by atoms with Gasteiger partial charge in [0.1, 0.15) is 0 Å². The van der Waals surface area contributed by atoms with Crippen LogP contribution < -0.4 is 4.72 Å². The Morgan fingerprint density at radius 3 is 1.38 bits per heavy atom. The SMILES string of the molecule is CCS(=O)(=O)NC.c1ccccc1. The molecule has 0 saturated carbocycles. The molecule has 0 fully saturated rings. The van der Waals surface area contributed by atoms with E-state index in [0.717, 1.165) is 0 Å². The first-order valence-electron chi connectivity index (χ1n) is 4.03. The molecule has 0 aliphatic carbocycles. The number of hydrogen-bond donors (Lipinski definition) is 1. The highest BCUT2D eigenvalue weighted by atomic mass is 32.2. The highest BCUT2D eigenvalue weighted by Gasteiger charge is 1.97. The minimum Gasteiger partial charge on any atom is -0.218 e. The van der Waals surface area contributed by atoms with Crippen molar-refractivity contribution in [1.29, 1.82) is 0 Å². The van der Waals surface area contributed by atoms with Crippen LogP contribution in [0.3, 0.4) is 0 Å². The Balaban J connectivity index is 0.000000223. The molecule has 0 radical (unpaired) electrons. The Kier molecular flexibility index (Phi) is 6.18. The van der Waals surface area contributed by atoms with Crippen LogP contribution in [0.1, 0.15) is 6.92 Å². The van der Waals surface area contributed by atoms with E-state index in [9.17, 15) is 8.42 Å². The van der Waals surface area contributed by atoms with Gasteiger partial charge >= 0.3 is 0 Å². The first kappa shape index (κ1) is 12.1. The first-order chi connectivity index (χ1) is 6.12. The zero-order valence-corrected chi connectivity index (χ0v) is 8.71. The van der Waals surface area contributed by atoms with Crippen LogP contribution in [-0.2, 0) is 10.0 Å². The second kappa shape index (κ2) is 6.62. The number of rotatable bonds is 2. The summed E-state index contributed by atoms with van der Waals surface area (Å²) in [6.07, 6.45) is 0. The van der Waals surface area contributed by atoms with Gasteiger partial charge in [0.15, 0.2) is 0 Å². The smallest absolute Gasteiger partial charge is 0.211 e. The van der Waals surface area contributed by atoms with E-state index in [4.69, 9.17) is 0 Å². The summed E-state index contributed by atoms with van der Waals surface area (Å²) in [7, 11) is -1.51. The van der Waals surface area contributed by atoms with Gasteiger partial charge < -0.3 is 0 Å². The molecule has 0 atom stereocenters. The summed E-state index contributed by atoms with van der Waals surface area (Å²) in [6, 6.07) is 12.0. The summed E-state index contributed by atoms with van der Waals surface area (Å²) in [5, 5.41) is 0. The van der Waals surface area contributed by atoms with Crippen molar-refractivity contribution in [2.45, 2.75) is 6.92 Å². The Labute approximate surface area is 79.8 Å². The normalized spacial score (nSPS) is 10.0. The van der Waals surface area contributed by atoms with Crippen molar-refractivity contribution in [3.63, 3.8) is 0 Å². The molecule has 0 saturated heterocycles. The lowest BCUT2D eigenvalue weighted by molar-refractivity contribution is 0.589. The quantitative estimate of drug-likeness (QED) is 0.782. The number of hydrogen-bond acceptors (Lipinski definition) is 2. The molecule has 0 aromatic heterocycles. The summed E-state index contributed by atoms with van der Waals surface area (Å²) in [6.45, 7) is 1.59. The van der Waals surface area contributed by atoms with Crippen LogP contribution >= 0.6 is 0 Å². The molecular weight excluding hydrogens is 186 g/mol. The van der Waals surface area contributed by atoms with Crippen molar-refractivity contribution in [3.8, 4) is 0 Å². The fraction of sp³-hybridized carbons (Fsp3) is 0.333. The molecule has 1 aromatic carbocycles. The van der Waals surface area contributed by atoms with Crippen molar-refractivity contribution in [2.24, 2.45) is 0 Å². The number of benzene rings is 1. The van der Waals surface area contributed by atoms with Crippen LogP contribution in [0.15, 0.2) is 36.4 Å². The second-order valence-corrected chi connectivity index (χ2v) is 4.48. The fourth-order valence-corrected chi connectivity index (χ4v) is 0.818. The maximum absolute atomic E-state index is 10.3. The summed E-state index contributed by atoms with van der Waals surface area (Å²) in [4.78, 5) is 0. The van der Waals surface area contributed by atoms with Crippen LogP contribution in [0.2, 0.25) is 0 Å². The lowest BCUT2D eigenvalue weighted by Gasteiger charge is -1.92. The average molecular weight is 201 g/mol. The maximum atomic E-state index is 10.3. The number of sulfonamides is 1. The third-order valence-electron chi connectivity index (χ3n) is 1.36. The monoisotopic (exact) mass is 201 g/mol. The van der Waals surface area contributed by atoms with Crippen molar-refractivity contribution in [1.82, 2.24) is 4.72 Å². The highest BCUT2D eigenvalue weighted by Crippen LogP contribution is 1.79. The van der Waals surface area contributed by atoms with Gasteiger partial charge in [0, 0.05) is 0 Å². The zero-order valence-electron chi connectivity index (χ0n) is 7.90. The Morgan fingerprint density at radius 1 is 1.00 bits per heavy atom. The van der Waals surface area contributed by atoms with Gasteiger partial charge in [-0.3, -0.25) is 0 Å². The van der Waals surface area contributed by atoms with E-state index in [2.05, 4.69) is 4.72 Å². The molecule has 0 amide bonds. The molecule has 4 heteroatoms. The van der Waals surface area contributed by atoms with Crippen LogP contribution in [0.4, 0.5) is 0 Å². The fourth-order valence-electron chi connectivity index (χ4n) is 0.529. The predicted molar refractivity (Wildman–Crippen MR) is 55.0 cm³/mol. The summed E-state index contributed by atoms with van der Waals surface area (Å²) < 4.78 is 22.7. The average Bonchev–Trinajstić information content (AvgIpc) is 2.21. The Morgan fingerprint density at radius 2 is 1.31 bits per heavy atom. The van der Waals surface area contributed by atoms with Crippen LogP contribution in [0.5, 0.6) is 0 Å². The van der Waals surface area contributed by atoms with E-state index in [1.807, 2.05) is 36.4 Å². The van der Waals surface area contributed by atoms with Crippen molar-refractivity contribution in [2.75, 3.05) is 12.8 Å². The molecule has 0 bridgehead atoms. The number of nitrogens with one attached hydrogen (secondary N) is 1. The topological polar surface area (TPSA) is 46.2 Å². The minimum absolute atomic E-state index is 0.156. The van der Waals surface area contributed by atoms with Crippen molar-refractivity contribution < 1.29 is 8.42 Å². The third kappa shape index (κ3) is 7.49. The highest BCUT2D eigenvalue weighted by molar-refractivity contribution is 7.89. The largest absolute Gasteiger partial charge is 0.218 e. The lowest BCUT2D eigenvalue weighted by Crippen LogP contribution is -2.19.